The van der Waals surface area contributed by atoms with Gasteiger partial charge >= 0.3 is 0 Å². The fourth-order valence-electron chi connectivity index (χ4n) is 4.20. The van der Waals surface area contributed by atoms with Gasteiger partial charge in [-0.05, 0) is 24.3 Å². The summed E-state index contributed by atoms with van der Waals surface area (Å²) < 4.78 is 33.8. The second kappa shape index (κ2) is 8.48. The average molecular weight is 482 g/mol. The maximum atomic E-state index is 13.1. The highest BCUT2D eigenvalue weighted by atomic mass is 16.6. The third-order valence-electron chi connectivity index (χ3n) is 5.92. The zero-order chi connectivity index (χ0) is 24.9. The van der Waals surface area contributed by atoms with E-state index in [1.807, 2.05) is 0 Å². The van der Waals surface area contributed by atoms with Crippen molar-refractivity contribution in [2.24, 2.45) is 0 Å². The Morgan fingerprint density at radius 3 is 2.29 bits per heavy atom. The lowest BCUT2D eigenvalue weighted by molar-refractivity contribution is -0.0118. The molecule has 10 heteroatoms. The van der Waals surface area contributed by atoms with Crippen LogP contribution in [0.2, 0.25) is 0 Å². The van der Waals surface area contributed by atoms with E-state index in [-0.39, 0.29) is 56.4 Å². The third kappa shape index (κ3) is 3.50. The van der Waals surface area contributed by atoms with Crippen molar-refractivity contribution >= 4 is 21.9 Å². The molecular weight excluding hydrogens is 460 g/mol. The van der Waals surface area contributed by atoms with Crippen LogP contribution in [0, 0.1) is 0 Å². The monoisotopic (exact) mass is 482 g/mol. The van der Waals surface area contributed by atoms with E-state index in [0.717, 1.165) is 0 Å². The van der Waals surface area contributed by atoms with Crippen molar-refractivity contribution in [1.82, 2.24) is 0 Å². The Kier molecular flexibility index (Phi) is 5.45. The van der Waals surface area contributed by atoms with Crippen LogP contribution >= 0.6 is 0 Å². The number of rotatable bonds is 5. The van der Waals surface area contributed by atoms with E-state index >= 15 is 0 Å². The molecule has 1 aromatic heterocycles. The first-order valence-corrected chi connectivity index (χ1v) is 10.6. The molecule has 2 atom stereocenters. The molecule has 1 aliphatic rings. The molecule has 4 aromatic rings. The standard InChI is InChI=1S/C25H22O10/c1-30-12-8-14(27)20-16(9-12)34-24-13(21(20)28)4-5-15-25(24)35-19(10-26)23(33-15)11-6-17(31-2)22(29)18(7-11)32-3/h4-9,19,23,26-27,29H,10H2,1-3H3/t19-,23-/m1/s1. The fraction of sp³-hybridized carbons (Fsp3) is 0.240. The van der Waals surface area contributed by atoms with Gasteiger partial charge in [0.15, 0.2) is 35.0 Å². The molecule has 0 bridgehead atoms. The Balaban J connectivity index is 1.68. The number of aliphatic hydroxyl groups is 1. The van der Waals surface area contributed by atoms with E-state index in [1.165, 1.54) is 39.5 Å². The predicted octanol–water partition coefficient (Wildman–Crippen LogP) is 3.26. The van der Waals surface area contributed by atoms with E-state index < -0.39 is 24.2 Å². The Bertz CT molecular complexity index is 1480. The number of phenols is 2. The van der Waals surface area contributed by atoms with Crippen LogP contribution in [0.15, 0.2) is 45.6 Å². The lowest BCUT2D eigenvalue weighted by atomic mass is 10.0. The molecule has 5 rings (SSSR count). The highest BCUT2D eigenvalue weighted by Gasteiger charge is 2.36. The van der Waals surface area contributed by atoms with Gasteiger partial charge in [-0.2, -0.15) is 0 Å². The van der Waals surface area contributed by atoms with Gasteiger partial charge in [0.1, 0.15) is 22.5 Å². The lowest BCUT2D eigenvalue weighted by Gasteiger charge is -2.33. The molecule has 182 valence electrons. The van der Waals surface area contributed by atoms with Crippen LogP contribution in [0.5, 0.6) is 40.2 Å². The first kappa shape index (κ1) is 22.5. The number of hydrogen-bond acceptors (Lipinski definition) is 10. The number of aromatic hydroxyl groups is 2. The van der Waals surface area contributed by atoms with Crippen LogP contribution in [0.4, 0.5) is 0 Å². The average Bonchev–Trinajstić information content (AvgIpc) is 2.87. The lowest BCUT2D eigenvalue weighted by Crippen LogP contribution is -2.36. The third-order valence-corrected chi connectivity index (χ3v) is 5.92. The summed E-state index contributed by atoms with van der Waals surface area (Å²) in [6, 6.07) is 9.00. The normalized spacial score (nSPS) is 16.9. The highest BCUT2D eigenvalue weighted by Crippen LogP contribution is 2.47. The maximum absolute atomic E-state index is 13.1. The van der Waals surface area contributed by atoms with Crippen LogP contribution in [0.25, 0.3) is 21.9 Å². The van der Waals surface area contributed by atoms with Crippen LogP contribution in [-0.4, -0.2) is 49.4 Å². The second-order valence-corrected chi connectivity index (χ2v) is 7.87. The van der Waals surface area contributed by atoms with E-state index in [4.69, 9.17) is 28.1 Å². The minimum absolute atomic E-state index is 0.00912. The molecule has 0 saturated carbocycles. The number of hydrogen-bond donors (Lipinski definition) is 3. The van der Waals surface area contributed by atoms with Gasteiger partial charge in [0.25, 0.3) is 0 Å². The molecule has 0 radical (unpaired) electrons. The molecule has 2 heterocycles. The van der Waals surface area contributed by atoms with Gasteiger partial charge in [-0.15, -0.1) is 0 Å². The summed E-state index contributed by atoms with van der Waals surface area (Å²) in [6.07, 6.45) is -1.70. The summed E-state index contributed by atoms with van der Waals surface area (Å²) in [6.45, 7) is -0.432. The molecule has 3 N–H and O–H groups in total. The summed E-state index contributed by atoms with van der Waals surface area (Å²) in [7, 11) is 4.24. The van der Waals surface area contributed by atoms with Crippen molar-refractivity contribution in [2.45, 2.75) is 12.2 Å². The fourth-order valence-corrected chi connectivity index (χ4v) is 4.20. The molecule has 10 nitrogen and oxygen atoms in total. The molecule has 0 aliphatic carbocycles. The van der Waals surface area contributed by atoms with Gasteiger partial charge in [-0.1, -0.05) is 0 Å². The van der Waals surface area contributed by atoms with Crippen LogP contribution in [-0.2, 0) is 0 Å². The minimum Gasteiger partial charge on any atom is -0.507 e. The van der Waals surface area contributed by atoms with E-state index in [1.54, 1.807) is 18.2 Å². The van der Waals surface area contributed by atoms with Crippen molar-refractivity contribution in [2.75, 3.05) is 27.9 Å². The number of phenolic OH excluding ortho intramolecular Hbond substituents is 2. The Morgan fingerprint density at radius 1 is 0.943 bits per heavy atom. The van der Waals surface area contributed by atoms with Gasteiger partial charge in [-0.3, -0.25) is 4.79 Å². The topological polar surface area (TPSA) is 137 Å². The van der Waals surface area contributed by atoms with Crippen molar-refractivity contribution in [3.8, 4) is 40.2 Å². The van der Waals surface area contributed by atoms with Crippen LogP contribution in [0.3, 0.4) is 0 Å². The van der Waals surface area contributed by atoms with E-state index in [0.29, 0.717) is 11.3 Å². The molecule has 35 heavy (non-hydrogen) atoms. The first-order valence-electron chi connectivity index (χ1n) is 10.6. The van der Waals surface area contributed by atoms with Gasteiger partial charge in [0.2, 0.25) is 16.9 Å². The zero-order valence-electron chi connectivity index (χ0n) is 19.0. The molecule has 0 fully saturated rings. The smallest absolute Gasteiger partial charge is 0.205 e. The van der Waals surface area contributed by atoms with Crippen molar-refractivity contribution in [3.63, 3.8) is 0 Å². The van der Waals surface area contributed by atoms with Crippen molar-refractivity contribution < 1.29 is 43.4 Å². The molecule has 0 saturated heterocycles. The first-order chi connectivity index (χ1) is 16.9. The van der Waals surface area contributed by atoms with Crippen LogP contribution < -0.4 is 29.1 Å². The Morgan fingerprint density at radius 2 is 1.66 bits per heavy atom. The molecule has 3 aromatic carbocycles. The van der Waals surface area contributed by atoms with Crippen molar-refractivity contribution in [3.05, 3.63) is 52.2 Å². The van der Waals surface area contributed by atoms with E-state index in [2.05, 4.69) is 0 Å². The SMILES string of the molecule is COc1cc(O)c2c(=O)c3ccc4c(c3oc2c1)O[C@H](CO)[C@@H](c1cc(OC)c(O)c(OC)c1)O4. The Hall–Kier alpha value is -4.31. The van der Waals surface area contributed by atoms with Crippen molar-refractivity contribution in [1.29, 1.82) is 0 Å². The second-order valence-electron chi connectivity index (χ2n) is 7.87. The molecule has 0 amide bonds. The number of aliphatic hydroxyl groups excluding tert-OH is 1. The quantitative estimate of drug-likeness (QED) is 0.364. The summed E-state index contributed by atoms with van der Waals surface area (Å²) in [5, 5.41) is 30.9. The van der Waals surface area contributed by atoms with Gasteiger partial charge in [0.05, 0.1) is 33.3 Å². The summed E-state index contributed by atoms with van der Waals surface area (Å²) in [5.74, 6) is 0.598. The predicted molar refractivity (Wildman–Crippen MR) is 124 cm³/mol. The van der Waals surface area contributed by atoms with Gasteiger partial charge < -0.3 is 43.4 Å². The van der Waals surface area contributed by atoms with Gasteiger partial charge in [0, 0.05) is 17.7 Å². The molecule has 0 unspecified atom stereocenters. The highest BCUT2D eigenvalue weighted by molar-refractivity contribution is 5.96. The summed E-state index contributed by atoms with van der Waals surface area (Å²) in [5.41, 5.74) is 0.275. The van der Waals surface area contributed by atoms with Crippen LogP contribution in [0.1, 0.15) is 11.7 Å². The summed E-state index contributed by atoms with van der Waals surface area (Å²) in [4.78, 5) is 13.1. The largest absolute Gasteiger partial charge is 0.507 e. The molecule has 0 spiro atoms. The minimum atomic E-state index is -0.897. The zero-order valence-corrected chi connectivity index (χ0v) is 19.0. The van der Waals surface area contributed by atoms with Gasteiger partial charge in [-0.25, -0.2) is 0 Å². The number of methoxy groups -OCH3 is 3. The molecular formula is C25H22O10. The maximum Gasteiger partial charge on any atom is 0.205 e. The number of ether oxygens (including phenoxy) is 5. The molecule has 1 aliphatic heterocycles. The Labute approximate surface area is 198 Å². The number of fused-ring (bicyclic) bond motifs is 4. The van der Waals surface area contributed by atoms with E-state index in [9.17, 15) is 20.1 Å². The summed E-state index contributed by atoms with van der Waals surface area (Å²) >= 11 is 0. The number of benzene rings is 3.